The lowest BCUT2D eigenvalue weighted by molar-refractivity contribution is 0.214. The number of hydrogen-bond donors (Lipinski definition) is 1. The minimum absolute atomic E-state index is 0.605. The second-order valence-corrected chi connectivity index (χ2v) is 6.39. The number of aryl methyl sites for hydroxylation is 1. The number of anilines is 1. The molecule has 3 aromatic rings. The average molecular weight is 345 g/mol. The molecule has 1 atom stereocenters. The maximum Gasteiger partial charge on any atom is 0.130 e. The third-order valence-electron chi connectivity index (χ3n) is 4.63. The van der Waals surface area contributed by atoms with Crippen molar-refractivity contribution in [2.75, 3.05) is 11.4 Å². The van der Waals surface area contributed by atoms with Gasteiger partial charge in [-0.25, -0.2) is 4.98 Å². The Morgan fingerprint density at radius 2 is 1.96 bits per heavy atom. The number of aliphatic hydroxyl groups excluding tert-OH is 1. The molecule has 3 heterocycles. The number of rotatable bonds is 3. The fourth-order valence-corrected chi connectivity index (χ4v) is 3.28. The lowest BCUT2D eigenvalue weighted by atomic mass is 10.1. The summed E-state index contributed by atoms with van der Waals surface area (Å²) in [7, 11) is 0. The minimum Gasteiger partial charge on any atom is -0.382 e. The van der Waals surface area contributed by atoms with Gasteiger partial charge in [0.1, 0.15) is 11.9 Å². The Morgan fingerprint density at radius 1 is 1.12 bits per heavy atom. The lowest BCUT2D eigenvalue weighted by Crippen LogP contribution is -2.23. The fourth-order valence-electron chi connectivity index (χ4n) is 3.28. The smallest absolute Gasteiger partial charge is 0.130 e. The van der Waals surface area contributed by atoms with Crippen LogP contribution in [-0.2, 0) is 13.1 Å². The summed E-state index contributed by atoms with van der Waals surface area (Å²) in [6.07, 6.45) is 1.86. The third kappa shape index (κ3) is 3.17. The van der Waals surface area contributed by atoms with Crippen molar-refractivity contribution < 1.29 is 5.11 Å². The van der Waals surface area contributed by atoms with Crippen molar-refractivity contribution >= 4 is 5.82 Å². The maximum absolute atomic E-state index is 10.6. The number of aliphatic hydroxyl groups is 1. The first-order valence-electron chi connectivity index (χ1n) is 8.65. The van der Waals surface area contributed by atoms with Gasteiger partial charge >= 0.3 is 0 Å². The van der Waals surface area contributed by atoms with Crippen molar-refractivity contribution in [2.45, 2.75) is 25.6 Å². The van der Waals surface area contributed by atoms with E-state index in [4.69, 9.17) is 5.26 Å². The van der Waals surface area contributed by atoms with Gasteiger partial charge < -0.3 is 10.0 Å². The van der Waals surface area contributed by atoms with Gasteiger partial charge in [-0.1, -0.05) is 30.3 Å². The number of nitrogens with zero attached hydrogens (tertiary/aromatic N) is 5. The summed E-state index contributed by atoms with van der Waals surface area (Å²) in [5.41, 5.74) is 3.14. The fraction of sp³-hybridized carbons (Fsp3) is 0.250. The second kappa shape index (κ2) is 6.98. The highest BCUT2D eigenvalue weighted by atomic mass is 16.3. The van der Waals surface area contributed by atoms with E-state index in [-0.39, 0.29) is 0 Å². The molecule has 0 radical (unpaired) electrons. The van der Waals surface area contributed by atoms with E-state index in [1.807, 2.05) is 47.1 Å². The highest BCUT2D eigenvalue weighted by molar-refractivity contribution is 5.45. The quantitative estimate of drug-likeness (QED) is 0.789. The van der Waals surface area contributed by atoms with Crippen LogP contribution in [0.3, 0.4) is 0 Å². The molecule has 0 spiro atoms. The van der Waals surface area contributed by atoms with Crippen LogP contribution in [0.5, 0.6) is 0 Å². The first-order valence-corrected chi connectivity index (χ1v) is 8.65. The number of hydrogen-bond acceptors (Lipinski definition) is 5. The molecule has 1 unspecified atom stereocenters. The number of nitriles is 1. The molecule has 130 valence electrons. The zero-order valence-corrected chi connectivity index (χ0v) is 14.3. The lowest BCUT2D eigenvalue weighted by Gasteiger charge is -2.21. The predicted octanol–water partition coefficient (Wildman–Crippen LogP) is 2.64. The highest BCUT2D eigenvalue weighted by Gasteiger charge is 2.21. The summed E-state index contributed by atoms with van der Waals surface area (Å²) >= 11 is 0. The minimum atomic E-state index is -0.732. The third-order valence-corrected chi connectivity index (χ3v) is 4.63. The van der Waals surface area contributed by atoms with Gasteiger partial charge in [0.2, 0.25) is 0 Å². The van der Waals surface area contributed by atoms with Gasteiger partial charge in [-0.3, -0.25) is 4.68 Å². The first-order chi connectivity index (χ1) is 12.7. The van der Waals surface area contributed by atoms with Crippen molar-refractivity contribution in [2.24, 2.45) is 0 Å². The van der Waals surface area contributed by atoms with E-state index in [9.17, 15) is 5.11 Å². The van der Waals surface area contributed by atoms with E-state index in [1.54, 1.807) is 12.3 Å². The SMILES string of the molecule is N#Cc1ccnc(N2CCCn3nc(C(O)c4ccccc4)cc3C2)c1. The topological polar surface area (TPSA) is 78.0 Å². The zero-order chi connectivity index (χ0) is 17.9. The molecule has 26 heavy (non-hydrogen) atoms. The summed E-state index contributed by atoms with van der Waals surface area (Å²) in [6, 6.07) is 17.2. The van der Waals surface area contributed by atoms with Crippen molar-refractivity contribution in [3.63, 3.8) is 0 Å². The molecule has 1 N–H and O–H groups in total. The van der Waals surface area contributed by atoms with Gasteiger partial charge in [0.25, 0.3) is 0 Å². The van der Waals surface area contributed by atoms with E-state index in [1.165, 1.54) is 0 Å². The van der Waals surface area contributed by atoms with Gasteiger partial charge in [-0.2, -0.15) is 10.4 Å². The normalized spacial score (nSPS) is 15.0. The molecule has 6 nitrogen and oxygen atoms in total. The van der Waals surface area contributed by atoms with Crippen LogP contribution in [0.25, 0.3) is 0 Å². The van der Waals surface area contributed by atoms with Crippen LogP contribution in [0, 0.1) is 11.3 Å². The number of pyridine rings is 1. The average Bonchev–Trinajstić information content (AvgIpc) is 2.99. The van der Waals surface area contributed by atoms with E-state index in [2.05, 4.69) is 21.1 Å². The molecule has 4 rings (SSSR count). The van der Waals surface area contributed by atoms with Crippen molar-refractivity contribution in [3.8, 4) is 6.07 Å². The van der Waals surface area contributed by atoms with E-state index >= 15 is 0 Å². The first kappa shape index (κ1) is 16.3. The molecule has 0 saturated heterocycles. The molecular formula is C20H19N5O. The van der Waals surface area contributed by atoms with Crippen molar-refractivity contribution in [1.29, 1.82) is 5.26 Å². The van der Waals surface area contributed by atoms with E-state index < -0.39 is 6.10 Å². The van der Waals surface area contributed by atoms with Gasteiger partial charge in [0.05, 0.1) is 29.6 Å². The molecule has 1 aromatic carbocycles. The van der Waals surface area contributed by atoms with Crippen LogP contribution >= 0.6 is 0 Å². The molecule has 0 fully saturated rings. The summed E-state index contributed by atoms with van der Waals surface area (Å²) in [6.45, 7) is 2.30. The second-order valence-electron chi connectivity index (χ2n) is 6.39. The largest absolute Gasteiger partial charge is 0.382 e. The Bertz CT molecular complexity index is 944. The van der Waals surface area contributed by atoms with Crippen LogP contribution in [0.1, 0.15) is 35.0 Å². The highest BCUT2D eigenvalue weighted by Crippen LogP contribution is 2.25. The van der Waals surface area contributed by atoms with Crippen LogP contribution in [0.4, 0.5) is 5.82 Å². The Morgan fingerprint density at radius 3 is 2.77 bits per heavy atom. The van der Waals surface area contributed by atoms with E-state index in [0.29, 0.717) is 17.8 Å². The Balaban J connectivity index is 1.61. The Labute approximate surface area is 152 Å². The monoisotopic (exact) mass is 345 g/mol. The summed E-state index contributed by atoms with van der Waals surface area (Å²) in [5.74, 6) is 0.795. The van der Waals surface area contributed by atoms with Gasteiger partial charge in [-0.15, -0.1) is 0 Å². The van der Waals surface area contributed by atoms with E-state index in [0.717, 1.165) is 36.6 Å². The summed E-state index contributed by atoms with van der Waals surface area (Å²) < 4.78 is 1.97. The molecule has 0 bridgehead atoms. The van der Waals surface area contributed by atoms with Gasteiger partial charge in [-0.05, 0) is 30.2 Å². The van der Waals surface area contributed by atoms with Crippen LogP contribution in [0.2, 0.25) is 0 Å². The summed E-state index contributed by atoms with van der Waals surface area (Å²) in [4.78, 5) is 6.56. The van der Waals surface area contributed by atoms with Gasteiger partial charge in [0, 0.05) is 19.3 Å². The Kier molecular flexibility index (Phi) is 4.38. The van der Waals surface area contributed by atoms with Gasteiger partial charge in [0.15, 0.2) is 0 Å². The number of aromatic nitrogens is 3. The molecular weight excluding hydrogens is 326 g/mol. The zero-order valence-electron chi connectivity index (χ0n) is 14.3. The molecule has 0 saturated carbocycles. The van der Waals surface area contributed by atoms with Crippen molar-refractivity contribution in [1.82, 2.24) is 14.8 Å². The van der Waals surface area contributed by atoms with Crippen molar-refractivity contribution in [3.05, 3.63) is 77.2 Å². The molecule has 0 amide bonds. The standard InChI is InChI=1S/C20H19N5O/c21-13-15-7-8-22-19(11-15)24-9-4-10-25-17(14-24)12-18(23-25)20(26)16-5-2-1-3-6-16/h1-3,5-8,11-12,20,26H,4,9-10,14H2. The maximum atomic E-state index is 10.6. The number of fused-ring (bicyclic) bond motifs is 1. The Hall–Kier alpha value is -3.17. The molecule has 2 aromatic heterocycles. The summed E-state index contributed by atoms with van der Waals surface area (Å²) in [5, 5.41) is 24.3. The molecule has 0 aliphatic carbocycles. The van der Waals surface area contributed by atoms with Crippen LogP contribution < -0.4 is 4.90 Å². The molecule has 1 aliphatic rings. The molecule has 1 aliphatic heterocycles. The van der Waals surface area contributed by atoms with Crippen LogP contribution in [-0.4, -0.2) is 26.4 Å². The molecule has 6 heteroatoms. The predicted molar refractivity (Wildman–Crippen MR) is 97.3 cm³/mol. The number of benzene rings is 1. The van der Waals surface area contributed by atoms with Crippen LogP contribution in [0.15, 0.2) is 54.7 Å².